The number of carbonyl (C=O) groups excluding carboxylic acids is 1. The highest BCUT2D eigenvalue weighted by atomic mass is 79.9. The van der Waals surface area contributed by atoms with E-state index < -0.39 is 0 Å². The van der Waals surface area contributed by atoms with Crippen LogP contribution in [-0.2, 0) is 4.79 Å². The number of amides is 1. The summed E-state index contributed by atoms with van der Waals surface area (Å²) in [4.78, 5) is 15.0. The normalized spacial score (nSPS) is 32.1. The second-order valence-electron chi connectivity index (χ2n) is 2.68. The number of nitrogens with one attached hydrogen (secondary N) is 1. The Kier molecular flexibility index (Phi) is 2.38. The molecule has 1 saturated heterocycles. The zero-order chi connectivity index (χ0) is 8.55. The Balaban J connectivity index is 1.93. The lowest BCUT2D eigenvalue weighted by atomic mass is 10.4. The van der Waals surface area contributed by atoms with Crippen LogP contribution in [-0.4, -0.2) is 15.4 Å². The first-order valence-corrected chi connectivity index (χ1v) is 5.45. The summed E-state index contributed by atoms with van der Waals surface area (Å²) in [6.07, 6.45) is 1.98. The molecule has 1 saturated carbocycles. The first-order chi connectivity index (χ1) is 5.75. The molecule has 4 nitrogen and oxygen atoms in total. The first kappa shape index (κ1) is 8.52. The Morgan fingerprint density at radius 1 is 1.75 bits per heavy atom. The molecule has 1 unspecified atom stereocenters. The SMILES string of the molecule is O=C(N=C1[N]NC(Br)S1)C1CC1. The molecule has 1 atom stereocenters. The zero-order valence-electron chi connectivity index (χ0n) is 6.16. The van der Waals surface area contributed by atoms with Crippen molar-refractivity contribution in [2.75, 3.05) is 0 Å². The number of carbonyl (C=O) groups is 1. The average Bonchev–Trinajstić information content (AvgIpc) is 2.78. The smallest absolute Gasteiger partial charge is 0.251 e. The van der Waals surface area contributed by atoms with Gasteiger partial charge in [-0.15, -0.1) is 0 Å². The van der Waals surface area contributed by atoms with Crippen molar-refractivity contribution in [1.29, 1.82) is 0 Å². The van der Waals surface area contributed by atoms with Gasteiger partial charge in [-0.05, 0) is 12.8 Å². The van der Waals surface area contributed by atoms with Gasteiger partial charge in [-0.25, -0.2) is 0 Å². The summed E-state index contributed by atoms with van der Waals surface area (Å²) in [6.45, 7) is 0. The van der Waals surface area contributed by atoms with Crippen molar-refractivity contribution in [2.45, 2.75) is 17.1 Å². The Morgan fingerprint density at radius 2 is 2.50 bits per heavy atom. The summed E-state index contributed by atoms with van der Waals surface area (Å²) in [5.74, 6) is 0.160. The summed E-state index contributed by atoms with van der Waals surface area (Å²) in [5, 5.41) is 0.536. The molecule has 0 aromatic rings. The second kappa shape index (κ2) is 3.35. The van der Waals surface area contributed by atoms with Crippen molar-refractivity contribution >= 4 is 38.8 Å². The van der Waals surface area contributed by atoms with E-state index in [9.17, 15) is 4.79 Å². The molecule has 6 heteroatoms. The van der Waals surface area contributed by atoms with E-state index in [0.29, 0.717) is 5.17 Å². The van der Waals surface area contributed by atoms with Gasteiger partial charge < -0.3 is 0 Å². The average molecular weight is 249 g/mol. The van der Waals surface area contributed by atoms with Gasteiger partial charge in [0.15, 0.2) is 0 Å². The highest BCUT2D eigenvalue weighted by Crippen LogP contribution is 2.31. The number of amidine groups is 1. The lowest BCUT2D eigenvalue weighted by molar-refractivity contribution is -0.118. The molecule has 1 amide bonds. The molecule has 2 rings (SSSR count). The molecule has 1 aliphatic carbocycles. The fourth-order valence-corrected chi connectivity index (χ4v) is 1.96. The summed E-state index contributed by atoms with van der Waals surface area (Å²) >= 11 is 4.69. The Labute approximate surface area is 82.7 Å². The number of thioether (sulfide) groups is 1. The van der Waals surface area contributed by atoms with E-state index in [4.69, 9.17) is 0 Å². The third kappa shape index (κ3) is 1.99. The van der Waals surface area contributed by atoms with Crippen LogP contribution in [0.3, 0.4) is 0 Å². The molecule has 2 fully saturated rings. The minimum atomic E-state index is -0.0235. The van der Waals surface area contributed by atoms with E-state index in [2.05, 4.69) is 31.8 Å². The van der Waals surface area contributed by atoms with Gasteiger partial charge in [-0.3, -0.25) is 4.79 Å². The van der Waals surface area contributed by atoms with E-state index in [1.807, 2.05) is 0 Å². The van der Waals surface area contributed by atoms with Crippen LogP contribution in [0.15, 0.2) is 4.99 Å². The van der Waals surface area contributed by atoms with Crippen molar-refractivity contribution < 1.29 is 4.79 Å². The lowest BCUT2D eigenvalue weighted by Gasteiger charge is -1.90. The van der Waals surface area contributed by atoms with Gasteiger partial charge in [0.1, 0.15) is 4.28 Å². The number of aliphatic imine (C=N–C) groups is 1. The first-order valence-electron chi connectivity index (χ1n) is 3.65. The minimum Gasteiger partial charge on any atom is -0.272 e. The van der Waals surface area contributed by atoms with Crippen molar-refractivity contribution in [3.63, 3.8) is 0 Å². The Hall–Kier alpha value is -0.0700. The summed E-state index contributed by atoms with van der Waals surface area (Å²) in [6, 6.07) is 0. The van der Waals surface area contributed by atoms with E-state index >= 15 is 0 Å². The maximum absolute atomic E-state index is 11.2. The topological polar surface area (TPSA) is 55.6 Å². The predicted molar refractivity (Wildman–Crippen MR) is 50.7 cm³/mol. The van der Waals surface area contributed by atoms with Crippen LogP contribution in [0, 0.1) is 5.92 Å². The van der Waals surface area contributed by atoms with E-state index in [1.54, 1.807) is 0 Å². The van der Waals surface area contributed by atoms with Crippen LogP contribution in [0.2, 0.25) is 0 Å². The predicted octanol–water partition coefficient (Wildman–Crippen LogP) is 0.813. The molecular weight excluding hydrogens is 242 g/mol. The van der Waals surface area contributed by atoms with Crippen LogP contribution in [0.1, 0.15) is 12.8 Å². The van der Waals surface area contributed by atoms with Crippen LogP contribution >= 0.6 is 27.7 Å². The van der Waals surface area contributed by atoms with Gasteiger partial charge in [-0.1, -0.05) is 27.7 Å². The van der Waals surface area contributed by atoms with Gasteiger partial charge in [0.05, 0.1) is 0 Å². The monoisotopic (exact) mass is 248 g/mol. The third-order valence-electron chi connectivity index (χ3n) is 1.60. The largest absolute Gasteiger partial charge is 0.272 e. The third-order valence-corrected chi connectivity index (χ3v) is 3.07. The molecular formula is C6H7BrN3OS. The van der Waals surface area contributed by atoms with Gasteiger partial charge in [0, 0.05) is 5.92 Å². The fraction of sp³-hybridized carbons (Fsp3) is 0.667. The Bertz CT molecular complexity index is 241. The summed E-state index contributed by atoms with van der Waals surface area (Å²) < 4.78 is 0.0586. The van der Waals surface area contributed by atoms with Gasteiger partial charge >= 0.3 is 0 Å². The molecule has 0 aromatic carbocycles. The maximum atomic E-state index is 11.2. The van der Waals surface area contributed by atoms with Crippen LogP contribution in [0.4, 0.5) is 0 Å². The maximum Gasteiger partial charge on any atom is 0.251 e. The molecule has 1 heterocycles. The molecule has 1 radical (unpaired) electrons. The number of halogens is 1. The fourth-order valence-electron chi connectivity index (χ4n) is 0.818. The van der Waals surface area contributed by atoms with Gasteiger partial charge in [-0.2, -0.15) is 15.8 Å². The molecule has 0 aromatic heterocycles. The van der Waals surface area contributed by atoms with Crippen molar-refractivity contribution in [1.82, 2.24) is 10.9 Å². The summed E-state index contributed by atoms with van der Waals surface area (Å²) in [7, 11) is 0. The molecule has 0 spiro atoms. The van der Waals surface area contributed by atoms with E-state index in [1.165, 1.54) is 11.8 Å². The number of rotatable bonds is 1. The quantitative estimate of drug-likeness (QED) is 0.552. The zero-order valence-corrected chi connectivity index (χ0v) is 8.56. The van der Waals surface area contributed by atoms with Crippen LogP contribution in [0.5, 0.6) is 0 Å². The van der Waals surface area contributed by atoms with Crippen LogP contribution < -0.4 is 10.9 Å². The summed E-state index contributed by atoms with van der Waals surface area (Å²) in [5.41, 5.74) is 6.62. The standard InChI is InChI=1S/C6H7BrN3OS/c7-5-9-10-6(12-5)8-4(11)3-1-2-3/h3,5,9H,1-2H2. The number of nitrogens with zero attached hydrogens (tertiary/aromatic N) is 2. The van der Waals surface area contributed by atoms with Crippen molar-refractivity contribution in [3.05, 3.63) is 0 Å². The second-order valence-corrected chi connectivity index (χ2v) is 5.28. The van der Waals surface area contributed by atoms with Crippen LogP contribution in [0.25, 0.3) is 0 Å². The van der Waals surface area contributed by atoms with Crippen molar-refractivity contribution in [3.8, 4) is 0 Å². The lowest BCUT2D eigenvalue weighted by Crippen LogP contribution is -2.21. The number of hydrogen-bond acceptors (Lipinski definition) is 3. The number of hydrogen-bond donors (Lipinski definition) is 1. The molecule has 65 valence electrons. The molecule has 1 N–H and O–H groups in total. The highest BCUT2D eigenvalue weighted by Gasteiger charge is 2.31. The highest BCUT2D eigenvalue weighted by molar-refractivity contribution is 9.11. The van der Waals surface area contributed by atoms with E-state index in [0.717, 1.165) is 12.8 Å². The van der Waals surface area contributed by atoms with Gasteiger partial charge in [0.2, 0.25) is 5.17 Å². The number of alkyl halides is 1. The Morgan fingerprint density at radius 3 is 3.00 bits per heavy atom. The van der Waals surface area contributed by atoms with Gasteiger partial charge in [0.25, 0.3) is 5.91 Å². The molecule has 1 aliphatic heterocycles. The minimum absolute atomic E-state index is 0.0235. The molecule has 0 bridgehead atoms. The molecule has 12 heavy (non-hydrogen) atoms. The van der Waals surface area contributed by atoms with E-state index in [-0.39, 0.29) is 16.1 Å². The molecule has 2 aliphatic rings. The van der Waals surface area contributed by atoms with Crippen molar-refractivity contribution in [2.24, 2.45) is 10.9 Å².